The second kappa shape index (κ2) is 4.70. The van der Waals surface area contributed by atoms with Crippen LogP contribution in [0.2, 0.25) is 0 Å². The molecular formula is C12H12BrN3O2. The fourth-order valence-electron chi connectivity index (χ4n) is 1.97. The number of ether oxygens (including phenoxy) is 1. The van der Waals surface area contributed by atoms with E-state index in [-0.39, 0.29) is 5.92 Å². The van der Waals surface area contributed by atoms with Crippen molar-refractivity contribution in [1.29, 1.82) is 0 Å². The Kier molecular flexibility index (Phi) is 3.05. The third-order valence-electron chi connectivity index (χ3n) is 3.02. The van der Waals surface area contributed by atoms with Gasteiger partial charge in [-0.3, -0.25) is 0 Å². The highest BCUT2D eigenvalue weighted by Crippen LogP contribution is 2.32. The van der Waals surface area contributed by atoms with E-state index in [4.69, 9.17) is 15.0 Å². The van der Waals surface area contributed by atoms with Crippen LogP contribution in [0, 0.1) is 0 Å². The second-order valence-corrected chi connectivity index (χ2v) is 5.07. The van der Waals surface area contributed by atoms with Gasteiger partial charge in [-0.25, -0.2) is 0 Å². The van der Waals surface area contributed by atoms with E-state index in [9.17, 15) is 0 Å². The fourth-order valence-corrected chi connectivity index (χ4v) is 2.34. The predicted octanol–water partition coefficient (Wildman–Crippen LogP) is 2.59. The molecule has 3 rings (SSSR count). The molecule has 2 heterocycles. The normalized spacial score (nSPS) is 19.3. The fraction of sp³-hybridized carbons (Fsp3) is 0.333. The van der Waals surface area contributed by atoms with Gasteiger partial charge in [0.15, 0.2) is 5.82 Å². The maximum absolute atomic E-state index is 5.98. The van der Waals surface area contributed by atoms with Crippen molar-refractivity contribution in [3.8, 4) is 11.5 Å². The van der Waals surface area contributed by atoms with E-state index in [0.29, 0.717) is 24.0 Å². The SMILES string of the molecule is Nc1c(Br)cccc1-c1nc(C2CCOC2)no1. The van der Waals surface area contributed by atoms with Crippen LogP contribution in [-0.2, 0) is 4.74 Å². The zero-order valence-corrected chi connectivity index (χ0v) is 11.2. The molecule has 1 saturated heterocycles. The number of benzene rings is 1. The Labute approximate surface area is 112 Å². The molecule has 6 heteroatoms. The summed E-state index contributed by atoms with van der Waals surface area (Å²) in [6, 6.07) is 5.63. The highest BCUT2D eigenvalue weighted by molar-refractivity contribution is 9.10. The second-order valence-electron chi connectivity index (χ2n) is 4.22. The summed E-state index contributed by atoms with van der Waals surface area (Å²) < 4.78 is 11.4. The van der Waals surface area contributed by atoms with E-state index in [0.717, 1.165) is 23.1 Å². The molecule has 0 amide bonds. The van der Waals surface area contributed by atoms with Crippen molar-refractivity contribution in [3.63, 3.8) is 0 Å². The van der Waals surface area contributed by atoms with Crippen LogP contribution in [0.4, 0.5) is 5.69 Å². The zero-order valence-electron chi connectivity index (χ0n) is 9.60. The molecule has 0 aliphatic carbocycles. The molecule has 1 aromatic heterocycles. The third kappa shape index (κ3) is 2.02. The summed E-state index contributed by atoms with van der Waals surface area (Å²) in [5.74, 6) is 1.38. The first-order chi connectivity index (χ1) is 8.75. The van der Waals surface area contributed by atoms with Crippen molar-refractivity contribution in [2.75, 3.05) is 18.9 Å². The summed E-state index contributed by atoms with van der Waals surface area (Å²) in [7, 11) is 0. The van der Waals surface area contributed by atoms with Gasteiger partial charge in [0.1, 0.15) is 0 Å². The van der Waals surface area contributed by atoms with E-state index in [2.05, 4.69) is 26.1 Å². The molecule has 0 spiro atoms. The number of nitrogen functional groups attached to an aromatic ring is 1. The molecule has 18 heavy (non-hydrogen) atoms. The molecule has 2 N–H and O–H groups in total. The topological polar surface area (TPSA) is 74.2 Å². The molecule has 1 aliphatic heterocycles. The summed E-state index contributed by atoms with van der Waals surface area (Å²) in [6.45, 7) is 1.42. The molecule has 94 valence electrons. The monoisotopic (exact) mass is 309 g/mol. The summed E-state index contributed by atoms with van der Waals surface area (Å²) in [5.41, 5.74) is 7.34. The standard InChI is InChI=1S/C12H12BrN3O2/c13-9-3-1-2-8(10(9)14)12-15-11(16-18-12)7-4-5-17-6-7/h1-3,7H,4-6,14H2. The van der Waals surface area contributed by atoms with Crippen molar-refractivity contribution < 1.29 is 9.26 Å². The number of para-hydroxylation sites is 1. The maximum Gasteiger partial charge on any atom is 0.260 e. The van der Waals surface area contributed by atoms with Gasteiger partial charge in [0.2, 0.25) is 0 Å². The van der Waals surface area contributed by atoms with Crippen molar-refractivity contribution in [1.82, 2.24) is 10.1 Å². The Hall–Kier alpha value is -1.40. The maximum atomic E-state index is 5.98. The van der Waals surface area contributed by atoms with Gasteiger partial charge in [0, 0.05) is 17.0 Å². The number of aromatic nitrogens is 2. The Balaban J connectivity index is 1.95. The van der Waals surface area contributed by atoms with E-state index in [1.54, 1.807) is 0 Å². The lowest BCUT2D eigenvalue weighted by Gasteiger charge is -2.02. The van der Waals surface area contributed by atoms with Crippen molar-refractivity contribution >= 4 is 21.6 Å². The quantitative estimate of drug-likeness (QED) is 0.863. The highest BCUT2D eigenvalue weighted by Gasteiger charge is 2.24. The van der Waals surface area contributed by atoms with Crippen LogP contribution in [0.25, 0.3) is 11.5 Å². The molecule has 1 fully saturated rings. The van der Waals surface area contributed by atoms with Gasteiger partial charge in [0.25, 0.3) is 5.89 Å². The highest BCUT2D eigenvalue weighted by atomic mass is 79.9. The minimum Gasteiger partial charge on any atom is -0.397 e. The van der Waals surface area contributed by atoms with Gasteiger partial charge in [-0.1, -0.05) is 11.2 Å². The molecule has 1 aliphatic rings. The molecule has 1 atom stereocenters. The van der Waals surface area contributed by atoms with Crippen molar-refractivity contribution in [3.05, 3.63) is 28.5 Å². The van der Waals surface area contributed by atoms with Crippen molar-refractivity contribution in [2.24, 2.45) is 0 Å². The summed E-state index contributed by atoms with van der Waals surface area (Å²) >= 11 is 3.38. The number of halogens is 1. The van der Waals surface area contributed by atoms with Crippen LogP contribution < -0.4 is 5.73 Å². The minimum atomic E-state index is 0.232. The van der Waals surface area contributed by atoms with E-state index in [1.807, 2.05) is 18.2 Å². The van der Waals surface area contributed by atoms with Crippen LogP contribution in [-0.4, -0.2) is 23.4 Å². The van der Waals surface area contributed by atoms with Crippen molar-refractivity contribution in [2.45, 2.75) is 12.3 Å². The number of nitrogens with zero attached hydrogens (tertiary/aromatic N) is 2. The third-order valence-corrected chi connectivity index (χ3v) is 3.71. The van der Waals surface area contributed by atoms with Gasteiger partial charge in [-0.2, -0.15) is 4.98 Å². The summed E-state index contributed by atoms with van der Waals surface area (Å²) in [6.07, 6.45) is 0.937. The number of nitrogens with two attached hydrogens (primary N) is 1. The lowest BCUT2D eigenvalue weighted by atomic mass is 10.1. The van der Waals surface area contributed by atoms with Gasteiger partial charge >= 0.3 is 0 Å². The van der Waals surface area contributed by atoms with Gasteiger partial charge in [0.05, 0.1) is 17.9 Å². The number of hydrogen-bond donors (Lipinski definition) is 1. The summed E-state index contributed by atoms with van der Waals surface area (Å²) in [5, 5.41) is 4.01. The Morgan fingerprint density at radius 3 is 3.06 bits per heavy atom. The first-order valence-corrected chi connectivity index (χ1v) is 6.50. The Morgan fingerprint density at radius 1 is 1.39 bits per heavy atom. The molecule has 0 radical (unpaired) electrons. The number of anilines is 1. The molecule has 2 aromatic rings. The van der Waals surface area contributed by atoms with Gasteiger partial charge in [-0.05, 0) is 34.5 Å². The zero-order chi connectivity index (χ0) is 12.5. The molecular weight excluding hydrogens is 298 g/mol. The van der Waals surface area contributed by atoms with Gasteiger partial charge < -0.3 is 15.0 Å². The first-order valence-electron chi connectivity index (χ1n) is 5.71. The number of hydrogen-bond acceptors (Lipinski definition) is 5. The predicted molar refractivity (Wildman–Crippen MR) is 70.0 cm³/mol. The van der Waals surface area contributed by atoms with Crippen LogP contribution in [0.15, 0.2) is 27.2 Å². The van der Waals surface area contributed by atoms with Gasteiger partial charge in [-0.15, -0.1) is 0 Å². The minimum absolute atomic E-state index is 0.232. The van der Waals surface area contributed by atoms with E-state index >= 15 is 0 Å². The Bertz CT molecular complexity index is 564. The lowest BCUT2D eigenvalue weighted by molar-refractivity contribution is 0.192. The first kappa shape index (κ1) is 11.7. The van der Waals surface area contributed by atoms with Crippen LogP contribution in [0.3, 0.4) is 0 Å². The summed E-state index contributed by atoms with van der Waals surface area (Å²) in [4.78, 5) is 4.41. The Morgan fingerprint density at radius 2 is 2.28 bits per heavy atom. The van der Waals surface area contributed by atoms with Crippen LogP contribution >= 0.6 is 15.9 Å². The molecule has 1 unspecified atom stereocenters. The molecule has 0 bridgehead atoms. The molecule has 1 aromatic carbocycles. The van der Waals surface area contributed by atoms with Crippen LogP contribution in [0.5, 0.6) is 0 Å². The smallest absolute Gasteiger partial charge is 0.260 e. The van der Waals surface area contributed by atoms with Crippen LogP contribution in [0.1, 0.15) is 18.2 Å². The lowest BCUT2D eigenvalue weighted by Crippen LogP contribution is -1.99. The average molecular weight is 310 g/mol. The largest absolute Gasteiger partial charge is 0.397 e. The average Bonchev–Trinajstić information content (AvgIpc) is 3.01. The van der Waals surface area contributed by atoms with E-state index < -0.39 is 0 Å². The van der Waals surface area contributed by atoms with E-state index in [1.165, 1.54) is 0 Å². The molecule has 5 nitrogen and oxygen atoms in total. The number of rotatable bonds is 2. The molecule has 0 saturated carbocycles.